The number of halogens is 1. The Kier molecular flexibility index (Phi) is 22.6. The van der Waals surface area contributed by atoms with Crippen LogP contribution in [0.3, 0.4) is 0 Å². The standard InChI is InChI=1S/2C18H15P.C10H8N2O2.C2H6O.ClHO4.Cu/c2*1-4-10-16(11-5-1)19(17-12-6-2-7-13-17)18-14-8-3-9-15-18;13-9-5-1-3-7(11-9)8-4-2-6-10(14)12-8;1-2-3;2-1(3,4)5;/h2*1-15H;1-6H,(H,11,13)(H,12,14);3H,2H2,1H3;(H,2,3,4,5);/q;;;;;+1/p+1. The van der Waals surface area contributed by atoms with Crippen LogP contribution in [0.4, 0.5) is 0 Å². The normalized spacial score (nSPS) is 10.2. The molecule has 0 aliphatic rings. The number of aliphatic hydroxyl groups is 1. The molecule has 316 valence electrons. The molecule has 0 aliphatic carbocycles. The van der Waals surface area contributed by atoms with Gasteiger partial charge in [-0.1, -0.05) is 121 Å². The van der Waals surface area contributed by atoms with Crippen molar-refractivity contribution >= 4 is 47.7 Å². The van der Waals surface area contributed by atoms with E-state index in [1.807, 2.05) is 0 Å². The Hall–Kier alpha value is -5.31. The van der Waals surface area contributed by atoms with Gasteiger partial charge in [0.05, 0.1) is 27.2 Å². The molecule has 6 aromatic carbocycles. The third-order valence-electron chi connectivity index (χ3n) is 8.11. The monoisotopic (exact) mass is 922 g/mol. The minimum atomic E-state index is -4.94. The van der Waals surface area contributed by atoms with E-state index in [0.29, 0.717) is 11.4 Å². The Bertz CT molecular complexity index is 2000. The van der Waals surface area contributed by atoms with E-state index in [4.69, 9.17) is 34.0 Å². The molecule has 0 fully saturated rings. The van der Waals surface area contributed by atoms with E-state index in [9.17, 15) is 0 Å². The third-order valence-corrected chi connectivity index (χ3v) is 13.6. The van der Waals surface area contributed by atoms with Gasteiger partial charge in [-0.2, -0.15) is 0 Å². The minimum absolute atomic E-state index is 0. The van der Waals surface area contributed by atoms with Crippen LogP contribution in [0.15, 0.2) is 218 Å². The summed E-state index contributed by atoms with van der Waals surface area (Å²) in [5.74, 6) is -0.125. The molecule has 3 N–H and O–H groups in total. The van der Waals surface area contributed by atoms with E-state index in [1.54, 1.807) is 31.2 Å². The maximum atomic E-state index is 9.14. The second-order valence-corrected chi connectivity index (χ2v) is 18.1. The fraction of sp³-hybridized carbons (Fsp3) is 0.0417. The summed E-state index contributed by atoms with van der Waals surface area (Å²) in [7, 11) is -6.70. The quantitative estimate of drug-likeness (QED) is 0.160. The fourth-order valence-corrected chi connectivity index (χ4v) is 10.9. The van der Waals surface area contributed by atoms with Crippen LogP contribution in [0.25, 0.3) is 11.4 Å². The average Bonchev–Trinajstić information content (AvgIpc) is 3.26. The Labute approximate surface area is 372 Å². The summed E-state index contributed by atoms with van der Waals surface area (Å²) in [4.78, 5) is 7.73. The number of pyridine rings is 2. The van der Waals surface area contributed by atoms with Crippen molar-refractivity contribution in [1.82, 2.24) is 9.97 Å². The topological polar surface area (TPSA) is 179 Å². The van der Waals surface area contributed by atoms with Crippen LogP contribution in [0.1, 0.15) is 6.92 Å². The zero-order valence-corrected chi connectivity index (χ0v) is 36.7. The number of benzene rings is 6. The summed E-state index contributed by atoms with van der Waals surface area (Å²) in [5.41, 5.74) is 1.06. The Balaban J connectivity index is 0.000000224. The maximum Gasteiger partial charge on any atom is 1.00 e. The van der Waals surface area contributed by atoms with Crippen molar-refractivity contribution in [3.8, 4) is 23.1 Å². The van der Waals surface area contributed by atoms with E-state index in [2.05, 4.69) is 192 Å². The number of aromatic nitrogens is 2. The SMILES string of the molecule is CCO.Oc1cccc(-c2cccc(O)n2)n1.[Cu+].[O-][Cl+3]([O-])([O-])[O-].c1ccc([PH+](c2ccccc2)c2ccccc2)cc1.c1ccc([PH+](c2ccccc2)c2ccccc2)cc1. The minimum Gasteiger partial charge on any atom is -0.493 e. The number of nitrogens with zero attached hydrogens (tertiary/aromatic N) is 2. The molecule has 2 heterocycles. The van der Waals surface area contributed by atoms with Crippen LogP contribution in [0.2, 0.25) is 0 Å². The molecule has 0 radical (unpaired) electrons. The summed E-state index contributed by atoms with van der Waals surface area (Å²) < 4.78 is 34.0. The van der Waals surface area contributed by atoms with Gasteiger partial charge in [0.1, 0.15) is 31.8 Å². The van der Waals surface area contributed by atoms with Crippen molar-refractivity contribution in [3.05, 3.63) is 218 Å². The maximum absolute atomic E-state index is 9.14. The molecule has 0 spiro atoms. The van der Waals surface area contributed by atoms with Crippen LogP contribution in [-0.2, 0) is 17.1 Å². The predicted octanol–water partition coefficient (Wildman–Crippen LogP) is 3.15. The predicted molar refractivity (Wildman–Crippen MR) is 237 cm³/mol. The molecule has 61 heavy (non-hydrogen) atoms. The molecule has 0 aliphatic heterocycles. The van der Waals surface area contributed by atoms with Gasteiger partial charge in [0, 0.05) is 18.7 Å². The van der Waals surface area contributed by atoms with Gasteiger partial charge in [-0.3, -0.25) is 0 Å². The summed E-state index contributed by atoms with van der Waals surface area (Å²) in [6.07, 6.45) is 0. The van der Waals surface area contributed by atoms with Gasteiger partial charge in [0.25, 0.3) is 0 Å². The molecule has 8 rings (SSSR count). The molecule has 2 aromatic heterocycles. The van der Waals surface area contributed by atoms with Crippen LogP contribution < -0.4 is 50.5 Å². The van der Waals surface area contributed by atoms with Crippen molar-refractivity contribution in [2.24, 2.45) is 0 Å². The zero-order chi connectivity index (χ0) is 43.0. The Morgan fingerprint density at radius 3 is 0.721 bits per heavy atom. The van der Waals surface area contributed by atoms with Crippen molar-refractivity contribution in [1.29, 1.82) is 0 Å². The molecular formula is C48H46ClCuN2O7P2+2. The fourth-order valence-electron chi connectivity index (χ4n) is 5.76. The molecular weight excluding hydrogens is 877 g/mol. The number of hydrogen-bond acceptors (Lipinski definition) is 9. The van der Waals surface area contributed by atoms with Crippen LogP contribution >= 0.6 is 15.8 Å². The van der Waals surface area contributed by atoms with Crippen LogP contribution in [0, 0.1) is 10.2 Å². The van der Waals surface area contributed by atoms with Crippen molar-refractivity contribution in [3.63, 3.8) is 0 Å². The first-order chi connectivity index (χ1) is 29.1. The number of aromatic hydroxyl groups is 2. The molecule has 0 atom stereocenters. The van der Waals surface area contributed by atoms with Crippen LogP contribution in [-0.4, -0.2) is 31.9 Å². The zero-order valence-electron chi connectivity index (χ0n) is 33.0. The number of aliphatic hydroxyl groups excluding tert-OH is 1. The Morgan fingerprint density at radius 1 is 0.377 bits per heavy atom. The second-order valence-electron chi connectivity index (χ2n) is 12.4. The molecule has 0 saturated carbocycles. The molecule has 8 aromatic rings. The largest absolute Gasteiger partial charge is 1.00 e. The Morgan fingerprint density at radius 2 is 0.557 bits per heavy atom. The van der Waals surface area contributed by atoms with Crippen LogP contribution in [0.5, 0.6) is 11.8 Å². The first kappa shape index (κ1) is 50.0. The summed E-state index contributed by atoms with van der Waals surface area (Å²) >= 11 is 0. The van der Waals surface area contributed by atoms with Crippen molar-refractivity contribution < 1.29 is 61.3 Å². The molecule has 0 saturated heterocycles. The molecule has 0 amide bonds. The summed E-state index contributed by atoms with van der Waals surface area (Å²) in [6.45, 7) is 1.93. The first-order valence-electron chi connectivity index (χ1n) is 18.7. The van der Waals surface area contributed by atoms with E-state index in [0.717, 1.165) is 0 Å². The van der Waals surface area contributed by atoms with E-state index in [1.165, 1.54) is 44.0 Å². The number of rotatable bonds is 7. The van der Waals surface area contributed by atoms with Crippen molar-refractivity contribution in [2.75, 3.05) is 6.61 Å². The van der Waals surface area contributed by atoms with Gasteiger partial charge in [0.2, 0.25) is 11.8 Å². The van der Waals surface area contributed by atoms with Crippen molar-refractivity contribution in [2.45, 2.75) is 6.92 Å². The van der Waals surface area contributed by atoms with Gasteiger partial charge in [0.15, 0.2) is 0 Å². The summed E-state index contributed by atoms with van der Waals surface area (Å²) in [5, 5.41) is 34.5. The number of hydrogen-bond donors (Lipinski definition) is 3. The molecule has 0 bridgehead atoms. The molecule has 13 heteroatoms. The van der Waals surface area contributed by atoms with Gasteiger partial charge < -0.3 is 15.3 Å². The summed E-state index contributed by atoms with van der Waals surface area (Å²) in [6, 6.07) is 74.7. The van der Waals surface area contributed by atoms with E-state index < -0.39 is 26.1 Å². The first-order valence-corrected chi connectivity index (χ1v) is 22.9. The smallest absolute Gasteiger partial charge is 0.493 e. The van der Waals surface area contributed by atoms with Gasteiger partial charge in [-0.25, -0.2) is 28.6 Å². The molecule has 9 nitrogen and oxygen atoms in total. The molecule has 0 unspecified atom stereocenters. The van der Waals surface area contributed by atoms with E-state index in [-0.39, 0.29) is 35.4 Å². The average molecular weight is 924 g/mol. The van der Waals surface area contributed by atoms with E-state index >= 15 is 0 Å². The van der Waals surface area contributed by atoms with Gasteiger partial charge in [-0.05, 0) is 91.9 Å². The van der Waals surface area contributed by atoms with Gasteiger partial charge >= 0.3 is 17.1 Å². The van der Waals surface area contributed by atoms with Gasteiger partial charge in [-0.15, -0.1) is 10.2 Å². The second kappa shape index (κ2) is 27.5. The third kappa shape index (κ3) is 18.5.